The lowest BCUT2D eigenvalue weighted by molar-refractivity contribution is 1.16. The van der Waals surface area contributed by atoms with Crippen LogP contribution in [0.3, 0.4) is 0 Å². The first kappa shape index (κ1) is 10.5. The highest BCUT2D eigenvalue weighted by Gasteiger charge is 2.35. The van der Waals surface area contributed by atoms with E-state index in [1.807, 2.05) is 0 Å². The molecular formula is C6H21BNSi2. The molecule has 0 aromatic carbocycles. The fourth-order valence-electron chi connectivity index (χ4n) is 1.01. The molecule has 0 N–H and O–H groups in total. The summed E-state index contributed by atoms with van der Waals surface area (Å²) in [7, 11) is -1.34. The van der Waals surface area contributed by atoms with E-state index in [1.54, 1.807) is 0 Å². The Kier molecular flexibility index (Phi) is 2.96. The lowest BCUT2D eigenvalue weighted by atomic mass is 10.5. The van der Waals surface area contributed by atoms with Crippen molar-refractivity contribution >= 4 is 24.5 Å². The molecule has 0 unspecified atom stereocenters. The summed E-state index contributed by atoms with van der Waals surface area (Å²) in [5.41, 5.74) is 0. The van der Waals surface area contributed by atoms with Crippen LogP contribution >= 0.6 is 0 Å². The second kappa shape index (κ2) is 2.83. The first-order valence-corrected chi connectivity index (χ1v) is 10.3. The second-order valence-electron chi connectivity index (χ2n) is 4.45. The van der Waals surface area contributed by atoms with Gasteiger partial charge in [-0.1, -0.05) is 0 Å². The van der Waals surface area contributed by atoms with E-state index in [9.17, 15) is 0 Å². The highest BCUT2D eigenvalue weighted by Crippen LogP contribution is 2.12. The Bertz CT molecular complexity index is 99.9. The van der Waals surface area contributed by atoms with Gasteiger partial charge in [-0.15, -0.1) is 0 Å². The second-order valence-corrected chi connectivity index (χ2v) is 14.0. The minimum atomic E-state index is -0.890. The van der Waals surface area contributed by atoms with Gasteiger partial charge >= 0.3 is 0 Å². The van der Waals surface area contributed by atoms with Crippen LogP contribution in [0.2, 0.25) is 39.3 Å². The summed E-state index contributed by atoms with van der Waals surface area (Å²) in [6.45, 7) is 14.8. The number of nitrogens with zero attached hydrogens (tertiary/aromatic N) is 1. The Morgan fingerprint density at radius 3 is 1.00 bits per heavy atom. The Hall–Kier alpha value is 0.459. The Balaban J connectivity index is 4.23. The van der Waals surface area contributed by atoms with Crippen LogP contribution in [0.1, 0.15) is 0 Å². The molecule has 0 aliphatic rings. The van der Waals surface area contributed by atoms with E-state index in [0.29, 0.717) is 7.98 Å². The molecule has 0 fully saturated rings. The lowest BCUT2D eigenvalue weighted by Gasteiger charge is -2.39. The van der Waals surface area contributed by atoms with Gasteiger partial charge in [-0.05, 0) is 39.3 Å². The highest BCUT2D eigenvalue weighted by atomic mass is 28.4. The molecule has 0 saturated heterocycles. The largest absolute Gasteiger partial charge is 0.553 e. The van der Waals surface area contributed by atoms with Crippen molar-refractivity contribution in [3.63, 3.8) is 0 Å². The maximum atomic E-state index is 2.90. The van der Waals surface area contributed by atoms with E-state index in [0.717, 1.165) is 0 Å². The quantitative estimate of drug-likeness (QED) is 0.552. The summed E-state index contributed by atoms with van der Waals surface area (Å²) in [4.78, 5) is 0. The van der Waals surface area contributed by atoms with Gasteiger partial charge < -0.3 is 4.14 Å². The SMILES string of the molecule is [BH3-][N+]([Si](C)(C)C)[Si](C)(C)C. The van der Waals surface area contributed by atoms with Crippen molar-refractivity contribution in [3.8, 4) is 0 Å². The fourth-order valence-corrected chi connectivity index (χ4v) is 9.06. The van der Waals surface area contributed by atoms with E-state index in [1.165, 1.54) is 0 Å². The van der Waals surface area contributed by atoms with Crippen LogP contribution in [0.5, 0.6) is 0 Å². The van der Waals surface area contributed by atoms with E-state index in [4.69, 9.17) is 0 Å². The van der Waals surface area contributed by atoms with Crippen LogP contribution < -0.4 is 4.14 Å². The molecule has 0 spiro atoms. The van der Waals surface area contributed by atoms with Gasteiger partial charge in [0, 0.05) is 0 Å². The van der Waals surface area contributed by atoms with Gasteiger partial charge in [0.1, 0.15) is 0 Å². The molecule has 0 bridgehead atoms. The van der Waals surface area contributed by atoms with Gasteiger partial charge in [0.2, 0.25) is 0 Å². The molecule has 0 atom stereocenters. The molecule has 0 heterocycles. The van der Waals surface area contributed by atoms with Gasteiger partial charge in [0.05, 0.1) is 0 Å². The maximum absolute atomic E-state index is 2.90. The zero-order valence-corrected chi connectivity index (χ0v) is 9.45. The molecular weight excluding hydrogens is 153 g/mol. The first-order valence-electron chi connectivity index (χ1n) is 3.45. The summed E-state index contributed by atoms with van der Waals surface area (Å²) < 4.78 is 2.90. The average molecular weight is 174 g/mol. The number of hydrogen-bond donors (Lipinski definition) is 0. The maximum Gasteiger partial charge on any atom is 0.252 e. The van der Waals surface area contributed by atoms with Gasteiger partial charge in [-0.3, -0.25) is 0 Å². The molecule has 0 aromatic rings. The van der Waals surface area contributed by atoms with Crippen molar-refractivity contribution in [3.05, 3.63) is 0 Å². The summed E-state index contributed by atoms with van der Waals surface area (Å²) in [5, 5.41) is 0. The Morgan fingerprint density at radius 1 is 0.800 bits per heavy atom. The van der Waals surface area contributed by atoms with Gasteiger partial charge in [0.25, 0.3) is 16.5 Å². The fraction of sp³-hybridized carbons (Fsp3) is 1.00. The molecule has 0 rings (SSSR count). The van der Waals surface area contributed by atoms with Crippen LogP contribution in [0.25, 0.3) is 0 Å². The molecule has 0 saturated carbocycles. The minimum absolute atomic E-state index is 0.443. The first-order chi connectivity index (χ1) is 4.15. The van der Waals surface area contributed by atoms with Crippen molar-refractivity contribution in [1.29, 1.82) is 0 Å². The zero-order valence-electron chi connectivity index (χ0n) is 7.45. The van der Waals surface area contributed by atoms with E-state index in [-0.39, 0.29) is 0 Å². The summed E-state index contributed by atoms with van der Waals surface area (Å²) in [5.74, 6) is 0. The standard InChI is InChI=1S/C6H21BNSi2/c1-9(2,3)8(7)10(4,5)6/h1-7H3. The zero-order chi connectivity index (χ0) is 8.58. The molecule has 10 heavy (non-hydrogen) atoms. The number of rotatable bonds is 2. The summed E-state index contributed by atoms with van der Waals surface area (Å²) >= 11 is 0. The minimum Gasteiger partial charge on any atom is -0.553 e. The summed E-state index contributed by atoms with van der Waals surface area (Å²) in [6.07, 6.45) is 0. The van der Waals surface area contributed by atoms with Crippen LogP contribution in [-0.2, 0) is 0 Å². The predicted octanol–water partition coefficient (Wildman–Crippen LogP) is 1.08. The van der Waals surface area contributed by atoms with Crippen molar-refractivity contribution in [2.45, 2.75) is 39.3 Å². The molecule has 1 nitrogen and oxygen atoms in total. The van der Waals surface area contributed by atoms with Crippen molar-refractivity contribution in [2.75, 3.05) is 0 Å². The normalized spacial score (nSPS) is 14.4. The van der Waals surface area contributed by atoms with Crippen LogP contribution in [0.4, 0.5) is 0 Å². The monoisotopic (exact) mass is 174 g/mol. The molecule has 0 aliphatic heterocycles. The van der Waals surface area contributed by atoms with E-state index < -0.39 is 16.5 Å². The van der Waals surface area contributed by atoms with Crippen LogP contribution in [-0.4, -0.2) is 24.5 Å². The van der Waals surface area contributed by atoms with Gasteiger partial charge in [-0.2, -0.15) is 0 Å². The van der Waals surface area contributed by atoms with Crippen LogP contribution in [0.15, 0.2) is 0 Å². The van der Waals surface area contributed by atoms with Crippen molar-refractivity contribution in [2.24, 2.45) is 0 Å². The summed E-state index contributed by atoms with van der Waals surface area (Å²) in [6, 6.07) is 0. The third-order valence-corrected chi connectivity index (χ3v) is 6.04. The molecule has 1 radical (unpaired) electrons. The molecule has 4 heteroatoms. The van der Waals surface area contributed by atoms with Gasteiger partial charge in [-0.25, -0.2) is 0 Å². The Labute approximate surface area is 68.4 Å². The topological polar surface area (TPSA) is 5.90 Å². The van der Waals surface area contributed by atoms with Gasteiger partial charge in [0.15, 0.2) is 7.98 Å². The average Bonchev–Trinajstić information content (AvgIpc) is 1.59. The third kappa shape index (κ3) is 3.03. The third-order valence-electron chi connectivity index (χ3n) is 0.671. The predicted molar refractivity (Wildman–Crippen MR) is 58.8 cm³/mol. The van der Waals surface area contributed by atoms with E-state index >= 15 is 0 Å². The van der Waals surface area contributed by atoms with Crippen molar-refractivity contribution in [1.82, 2.24) is 4.14 Å². The Morgan fingerprint density at radius 2 is 1.00 bits per heavy atom. The molecule has 0 aromatic heterocycles. The van der Waals surface area contributed by atoms with Crippen molar-refractivity contribution < 1.29 is 0 Å². The molecule has 61 valence electrons. The smallest absolute Gasteiger partial charge is 0.252 e. The number of hydrogen-bond acceptors (Lipinski definition) is 1. The molecule has 0 aliphatic carbocycles. The molecule has 0 amide bonds. The van der Waals surface area contributed by atoms with E-state index in [2.05, 4.69) is 43.4 Å². The van der Waals surface area contributed by atoms with Crippen LogP contribution in [0, 0.1) is 0 Å². The highest BCUT2D eigenvalue weighted by molar-refractivity contribution is 6.96. The lowest BCUT2D eigenvalue weighted by Crippen LogP contribution is -2.62.